The summed E-state index contributed by atoms with van der Waals surface area (Å²) in [5, 5.41) is 3.67. The lowest BCUT2D eigenvalue weighted by Crippen LogP contribution is -2.23. The van der Waals surface area contributed by atoms with Crippen LogP contribution < -0.4 is 11.1 Å². The Morgan fingerprint density at radius 1 is 1.53 bits per heavy atom. The minimum absolute atomic E-state index is 0.0713. The summed E-state index contributed by atoms with van der Waals surface area (Å²) in [6, 6.07) is 0. The van der Waals surface area contributed by atoms with Crippen LogP contribution in [0.15, 0.2) is 4.90 Å². The number of anilines is 2. The quantitative estimate of drug-likeness (QED) is 0.830. The molecule has 0 spiro atoms. The van der Waals surface area contributed by atoms with E-state index < -0.39 is 10.0 Å². The summed E-state index contributed by atoms with van der Waals surface area (Å²) >= 11 is 1.10. The molecule has 6 nitrogen and oxygen atoms in total. The van der Waals surface area contributed by atoms with Crippen LogP contribution >= 0.6 is 11.5 Å². The second kappa shape index (κ2) is 4.43. The molecule has 1 fully saturated rings. The first-order valence-electron chi connectivity index (χ1n) is 5.34. The van der Waals surface area contributed by atoms with E-state index in [0.29, 0.717) is 10.9 Å². The Balaban J connectivity index is 2.28. The summed E-state index contributed by atoms with van der Waals surface area (Å²) < 4.78 is 29.2. The maximum absolute atomic E-state index is 12.1. The van der Waals surface area contributed by atoms with E-state index in [9.17, 15) is 8.42 Å². The number of nitrogens with two attached hydrogens (primary N) is 1. The van der Waals surface area contributed by atoms with Gasteiger partial charge in [-0.3, -0.25) is 0 Å². The summed E-state index contributed by atoms with van der Waals surface area (Å²) in [7, 11) is -0.562. The molecule has 1 aliphatic carbocycles. The highest BCUT2D eigenvalue weighted by Crippen LogP contribution is 2.35. The molecule has 0 radical (unpaired) electrons. The van der Waals surface area contributed by atoms with Crippen LogP contribution in [0.4, 0.5) is 10.8 Å². The van der Waals surface area contributed by atoms with Gasteiger partial charge in [0, 0.05) is 20.6 Å². The van der Waals surface area contributed by atoms with Gasteiger partial charge in [0.15, 0.2) is 10.7 Å². The highest BCUT2D eigenvalue weighted by Gasteiger charge is 2.29. The van der Waals surface area contributed by atoms with Crippen molar-refractivity contribution in [1.29, 1.82) is 0 Å². The topological polar surface area (TPSA) is 88.3 Å². The van der Waals surface area contributed by atoms with Crippen molar-refractivity contribution in [3.8, 4) is 0 Å². The zero-order valence-corrected chi connectivity index (χ0v) is 11.4. The Morgan fingerprint density at radius 3 is 2.71 bits per heavy atom. The van der Waals surface area contributed by atoms with E-state index in [2.05, 4.69) is 9.69 Å². The maximum Gasteiger partial charge on any atom is 0.249 e. The molecule has 1 aliphatic rings. The van der Waals surface area contributed by atoms with Gasteiger partial charge in [0.2, 0.25) is 10.0 Å². The first-order valence-corrected chi connectivity index (χ1v) is 7.56. The molecule has 2 rings (SSSR count). The first-order chi connectivity index (χ1) is 7.93. The van der Waals surface area contributed by atoms with E-state index in [0.717, 1.165) is 22.4 Å². The smallest absolute Gasteiger partial charge is 0.249 e. The van der Waals surface area contributed by atoms with Crippen LogP contribution in [0, 0.1) is 5.92 Å². The van der Waals surface area contributed by atoms with Crippen molar-refractivity contribution in [3.63, 3.8) is 0 Å². The molecule has 0 amide bonds. The van der Waals surface area contributed by atoms with Crippen molar-refractivity contribution in [3.05, 3.63) is 0 Å². The number of nitrogens with one attached hydrogen (secondary N) is 1. The number of hydrogen-bond acceptors (Lipinski definition) is 6. The van der Waals surface area contributed by atoms with Gasteiger partial charge in [-0.2, -0.15) is 4.37 Å². The van der Waals surface area contributed by atoms with E-state index in [1.54, 1.807) is 0 Å². The molecule has 0 aliphatic heterocycles. The summed E-state index contributed by atoms with van der Waals surface area (Å²) in [6.45, 7) is 0.789. The molecular weight excluding hydrogens is 260 g/mol. The van der Waals surface area contributed by atoms with Crippen LogP contribution in [0.3, 0.4) is 0 Å². The highest BCUT2D eigenvalue weighted by molar-refractivity contribution is 7.89. The molecule has 0 atom stereocenters. The fourth-order valence-electron chi connectivity index (χ4n) is 1.40. The van der Waals surface area contributed by atoms with E-state index in [4.69, 9.17) is 5.73 Å². The summed E-state index contributed by atoms with van der Waals surface area (Å²) in [5.74, 6) is 0.732. The molecule has 96 valence electrons. The zero-order chi connectivity index (χ0) is 12.6. The Morgan fingerprint density at radius 2 is 2.18 bits per heavy atom. The number of nitrogens with zero attached hydrogens (tertiary/aromatic N) is 2. The molecule has 17 heavy (non-hydrogen) atoms. The Bertz CT molecular complexity index is 505. The van der Waals surface area contributed by atoms with E-state index in [1.165, 1.54) is 26.9 Å². The van der Waals surface area contributed by atoms with Gasteiger partial charge in [0.1, 0.15) is 5.00 Å². The third-order valence-electron chi connectivity index (χ3n) is 2.66. The summed E-state index contributed by atoms with van der Waals surface area (Å²) in [6.07, 6.45) is 2.41. The lowest BCUT2D eigenvalue weighted by atomic mass is 10.4. The summed E-state index contributed by atoms with van der Waals surface area (Å²) in [5.41, 5.74) is 5.64. The highest BCUT2D eigenvalue weighted by atomic mass is 32.2. The second-order valence-electron chi connectivity index (χ2n) is 4.34. The SMILES string of the molecule is CN(C)S(=O)(=O)c1c(N)nsc1NCC1CC1. The van der Waals surface area contributed by atoms with Gasteiger partial charge in [-0.15, -0.1) is 0 Å². The number of sulfonamides is 1. The predicted molar refractivity (Wildman–Crippen MR) is 68.6 cm³/mol. The number of nitrogen functional groups attached to an aromatic ring is 1. The van der Waals surface area contributed by atoms with Crippen LogP contribution in [-0.2, 0) is 10.0 Å². The molecule has 1 aromatic heterocycles. The number of hydrogen-bond donors (Lipinski definition) is 2. The van der Waals surface area contributed by atoms with Crippen molar-refractivity contribution in [1.82, 2.24) is 8.68 Å². The lowest BCUT2D eigenvalue weighted by molar-refractivity contribution is 0.521. The monoisotopic (exact) mass is 276 g/mol. The van der Waals surface area contributed by atoms with Crippen LogP contribution in [0.2, 0.25) is 0 Å². The molecule has 1 aromatic rings. The van der Waals surface area contributed by atoms with Gasteiger partial charge in [0.05, 0.1) is 0 Å². The lowest BCUT2D eigenvalue weighted by Gasteiger charge is -2.12. The number of aromatic nitrogens is 1. The van der Waals surface area contributed by atoms with Crippen molar-refractivity contribution in [2.24, 2.45) is 5.92 Å². The van der Waals surface area contributed by atoms with Gasteiger partial charge in [-0.05, 0) is 30.3 Å². The zero-order valence-electron chi connectivity index (χ0n) is 9.80. The minimum atomic E-state index is -3.53. The maximum atomic E-state index is 12.1. The largest absolute Gasteiger partial charge is 0.382 e. The van der Waals surface area contributed by atoms with Gasteiger partial charge >= 0.3 is 0 Å². The van der Waals surface area contributed by atoms with Crippen molar-refractivity contribution in [2.45, 2.75) is 17.7 Å². The average Bonchev–Trinajstić information content (AvgIpc) is 2.99. The molecule has 0 unspecified atom stereocenters. The average molecular weight is 276 g/mol. The van der Waals surface area contributed by atoms with E-state index in [1.807, 2.05) is 0 Å². The van der Waals surface area contributed by atoms with Gasteiger partial charge in [-0.25, -0.2) is 12.7 Å². The molecule has 0 saturated heterocycles. The van der Waals surface area contributed by atoms with Gasteiger partial charge < -0.3 is 11.1 Å². The summed E-state index contributed by atoms with van der Waals surface area (Å²) in [4.78, 5) is 0.105. The van der Waals surface area contributed by atoms with Crippen molar-refractivity contribution < 1.29 is 8.42 Å². The van der Waals surface area contributed by atoms with Crippen molar-refractivity contribution in [2.75, 3.05) is 31.7 Å². The van der Waals surface area contributed by atoms with Gasteiger partial charge in [-0.1, -0.05) is 0 Å². The third kappa shape index (κ3) is 2.53. The normalized spacial score (nSPS) is 16.4. The molecule has 0 bridgehead atoms. The molecule has 1 heterocycles. The predicted octanol–water partition coefficient (Wildman–Crippen LogP) is 0.797. The van der Waals surface area contributed by atoms with Crippen molar-refractivity contribution >= 4 is 32.4 Å². The molecule has 0 aromatic carbocycles. The Labute approximate surface area is 105 Å². The first kappa shape index (κ1) is 12.6. The van der Waals surface area contributed by atoms with Crippen LogP contribution in [0.25, 0.3) is 0 Å². The van der Waals surface area contributed by atoms with Crippen LogP contribution in [0.1, 0.15) is 12.8 Å². The molecule has 8 heteroatoms. The molecule has 1 saturated carbocycles. The Kier molecular flexibility index (Phi) is 3.28. The Hall–Kier alpha value is -0.860. The number of rotatable bonds is 5. The van der Waals surface area contributed by atoms with E-state index >= 15 is 0 Å². The van der Waals surface area contributed by atoms with Gasteiger partial charge in [0.25, 0.3) is 0 Å². The fraction of sp³-hybridized carbons (Fsp3) is 0.667. The standard InChI is InChI=1S/C9H16N4O2S2/c1-13(2)17(14,15)7-8(10)12-16-9(7)11-5-6-3-4-6/h6,11H,3-5H2,1-2H3,(H2,10,12). The molecular formula is C9H16N4O2S2. The molecule has 3 N–H and O–H groups in total. The van der Waals surface area contributed by atoms with Crippen LogP contribution in [0.5, 0.6) is 0 Å². The second-order valence-corrected chi connectivity index (χ2v) is 7.20. The van der Waals surface area contributed by atoms with Crippen LogP contribution in [-0.4, -0.2) is 37.7 Å². The third-order valence-corrected chi connectivity index (χ3v) is 5.50. The minimum Gasteiger partial charge on any atom is -0.382 e. The fourth-order valence-corrected chi connectivity index (χ4v) is 3.48. The van der Waals surface area contributed by atoms with E-state index in [-0.39, 0.29) is 10.7 Å².